The highest BCUT2D eigenvalue weighted by Gasteiger charge is 2.38. The molecule has 1 amide bonds. The lowest BCUT2D eigenvalue weighted by molar-refractivity contribution is 0.0690. The van der Waals surface area contributed by atoms with E-state index in [0.717, 1.165) is 25.5 Å². The van der Waals surface area contributed by atoms with E-state index in [0.29, 0.717) is 23.2 Å². The van der Waals surface area contributed by atoms with Crippen LogP contribution in [0.4, 0.5) is 10.1 Å². The molecule has 1 saturated carbocycles. The smallest absolute Gasteiger partial charge is 0.261 e. The summed E-state index contributed by atoms with van der Waals surface area (Å²) >= 11 is 0. The van der Waals surface area contributed by atoms with E-state index in [4.69, 9.17) is 0 Å². The van der Waals surface area contributed by atoms with E-state index in [1.807, 2.05) is 4.90 Å². The quantitative estimate of drug-likeness (QED) is 0.806. The summed E-state index contributed by atoms with van der Waals surface area (Å²) in [4.78, 5) is 14.9. The first-order valence-electron chi connectivity index (χ1n) is 10.1. The van der Waals surface area contributed by atoms with Crippen molar-refractivity contribution in [2.24, 2.45) is 5.92 Å². The number of halogens is 1. The molecule has 1 heterocycles. The Hall–Kier alpha value is -2.41. The number of fused-ring (bicyclic) bond motifs is 1. The largest absolute Gasteiger partial charge is 0.335 e. The second-order valence-electron chi connectivity index (χ2n) is 7.99. The first-order chi connectivity index (χ1) is 13.8. The number of nitrogens with one attached hydrogen (secondary N) is 1. The Morgan fingerprint density at radius 1 is 1.07 bits per heavy atom. The molecule has 2 aromatic rings. The minimum absolute atomic E-state index is 0.00281. The average molecular weight is 417 g/mol. The van der Waals surface area contributed by atoms with E-state index in [1.54, 1.807) is 24.3 Å². The van der Waals surface area contributed by atoms with Crippen LogP contribution in [0.3, 0.4) is 0 Å². The monoisotopic (exact) mass is 416 g/mol. The van der Waals surface area contributed by atoms with Gasteiger partial charge in [0.05, 0.1) is 4.90 Å². The van der Waals surface area contributed by atoms with Gasteiger partial charge in [0.25, 0.3) is 15.9 Å². The number of carbonyl (C=O) groups excluding carboxylic acids is 1. The number of anilines is 1. The highest BCUT2D eigenvalue weighted by atomic mass is 32.2. The SMILES string of the molecule is Cc1cc(S(=O)(=O)Nc2ccc(C(=O)N3CCC4CCCCC43)cc2)ccc1F. The number of likely N-dealkylation sites (tertiary alicyclic amines) is 1. The van der Waals surface area contributed by atoms with E-state index in [-0.39, 0.29) is 16.4 Å². The predicted octanol–water partition coefficient (Wildman–Crippen LogP) is 4.34. The van der Waals surface area contributed by atoms with E-state index >= 15 is 0 Å². The van der Waals surface area contributed by atoms with E-state index in [1.165, 1.54) is 38.3 Å². The molecule has 2 fully saturated rings. The van der Waals surface area contributed by atoms with Gasteiger partial charge in [-0.25, -0.2) is 12.8 Å². The van der Waals surface area contributed by atoms with Crippen molar-refractivity contribution < 1.29 is 17.6 Å². The van der Waals surface area contributed by atoms with Gasteiger partial charge in [0, 0.05) is 23.8 Å². The third-order valence-electron chi connectivity index (χ3n) is 6.09. The van der Waals surface area contributed by atoms with Crippen LogP contribution < -0.4 is 4.72 Å². The number of rotatable bonds is 4. The summed E-state index contributed by atoms with van der Waals surface area (Å²) in [5.41, 5.74) is 1.19. The lowest BCUT2D eigenvalue weighted by Crippen LogP contribution is -2.39. The predicted molar refractivity (Wildman–Crippen MR) is 110 cm³/mol. The van der Waals surface area contributed by atoms with Gasteiger partial charge in [-0.1, -0.05) is 12.8 Å². The summed E-state index contributed by atoms with van der Waals surface area (Å²) in [5.74, 6) is 0.190. The van der Waals surface area contributed by atoms with Crippen LogP contribution in [-0.2, 0) is 10.0 Å². The Kier molecular flexibility index (Phi) is 5.34. The Morgan fingerprint density at radius 2 is 1.79 bits per heavy atom. The van der Waals surface area contributed by atoms with Gasteiger partial charge in [-0.3, -0.25) is 9.52 Å². The summed E-state index contributed by atoms with van der Waals surface area (Å²) in [7, 11) is -3.83. The highest BCUT2D eigenvalue weighted by molar-refractivity contribution is 7.92. The fourth-order valence-corrected chi connectivity index (χ4v) is 5.65. The average Bonchev–Trinajstić information content (AvgIpc) is 3.14. The molecule has 1 aliphatic heterocycles. The van der Waals surface area contributed by atoms with Crippen LogP contribution in [0.25, 0.3) is 0 Å². The maximum Gasteiger partial charge on any atom is 0.261 e. The Balaban J connectivity index is 1.47. The number of hydrogen-bond donors (Lipinski definition) is 1. The summed E-state index contributed by atoms with van der Waals surface area (Å²) in [6.07, 6.45) is 5.79. The number of benzene rings is 2. The molecular weight excluding hydrogens is 391 g/mol. The van der Waals surface area contributed by atoms with Crippen molar-refractivity contribution >= 4 is 21.6 Å². The second kappa shape index (κ2) is 7.78. The van der Waals surface area contributed by atoms with Gasteiger partial charge in [-0.2, -0.15) is 0 Å². The van der Waals surface area contributed by atoms with Crippen molar-refractivity contribution in [3.8, 4) is 0 Å². The molecule has 4 rings (SSSR count). The molecule has 0 spiro atoms. The van der Waals surface area contributed by atoms with Gasteiger partial charge < -0.3 is 4.90 Å². The van der Waals surface area contributed by atoms with E-state index in [2.05, 4.69) is 4.72 Å². The molecule has 154 valence electrons. The molecule has 2 aromatic carbocycles. The third-order valence-corrected chi connectivity index (χ3v) is 7.47. The lowest BCUT2D eigenvalue weighted by Gasteiger charge is -2.31. The van der Waals surface area contributed by atoms with Gasteiger partial charge in [0.1, 0.15) is 5.82 Å². The van der Waals surface area contributed by atoms with Crippen LogP contribution >= 0.6 is 0 Å². The molecule has 7 heteroatoms. The standard InChI is InChI=1S/C22H25FN2O3S/c1-15-14-19(10-11-20(15)23)29(27,28)24-18-8-6-17(7-9-18)22(26)25-13-12-16-4-2-3-5-21(16)25/h6-11,14,16,21,24H,2-5,12-13H2,1H3. The Bertz CT molecular complexity index is 1020. The molecule has 5 nitrogen and oxygen atoms in total. The molecule has 1 N–H and O–H groups in total. The molecule has 1 aliphatic carbocycles. The first-order valence-corrected chi connectivity index (χ1v) is 11.5. The van der Waals surface area contributed by atoms with Gasteiger partial charge in [-0.15, -0.1) is 0 Å². The summed E-state index contributed by atoms with van der Waals surface area (Å²) in [6, 6.07) is 10.5. The van der Waals surface area contributed by atoms with Crippen molar-refractivity contribution in [2.45, 2.75) is 50.0 Å². The molecule has 0 radical (unpaired) electrons. The maximum absolute atomic E-state index is 13.4. The zero-order valence-electron chi connectivity index (χ0n) is 16.4. The summed E-state index contributed by atoms with van der Waals surface area (Å²) in [5, 5.41) is 0. The van der Waals surface area contributed by atoms with Gasteiger partial charge in [0.2, 0.25) is 0 Å². The molecule has 2 aliphatic rings. The molecular formula is C22H25FN2O3S. The zero-order chi connectivity index (χ0) is 20.6. The molecule has 0 bridgehead atoms. The zero-order valence-corrected chi connectivity index (χ0v) is 17.2. The summed E-state index contributed by atoms with van der Waals surface area (Å²) < 4.78 is 41.0. The highest BCUT2D eigenvalue weighted by Crippen LogP contribution is 2.37. The van der Waals surface area contributed by atoms with Crippen LogP contribution in [-0.4, -0.2) is 31.8 Å². The third kappa shape index (κ3) is 4.01. The maximum atomic E-state index is 13.4. The van der Waals surface area contributed by atoms with Crippen molar-refractivity contribution in [2.75, 3.05) is 11.3 Å². The Labute approximate surface area is 171 Å². The van der Waals surface area contributed by atoms with Crippen molar-refractivity contribution in [3.05, 3.63) is 59.4 Å². The molecule has 0 aromatic heterocycles. The lowest BCUT2D eigenvalue weighted by atomic mass is 9.85. The van der Waals surface area contributed by atoms with Crippen LogP contribution in [0.15, 0.2) is 47.4 Å². The van der Waals surface area contributed by atoms with E-state index in [9.17, 15) is 17.6 Å². The normalized spacial score (nSPS) is 21.7. The fourth-order valence-electron chi connectivity index (χ4n) is 4.50. The Morgan fingerprint density at radius 3 is 2.52 bits per heavy atom. The number of aryl methyl sites for hydroxylation is 1. The fraction of sp³-hybridized carbons (Fsp3) is 0.409. The molecule has 2 atom stereocenters. The molecule has 1 saturated heterocycles. The van der Waals surface area contributed by atoms with Crippen molar-refractivity contribution in [1.29, 1.82) is 0 Å². The first kappa shape index (κ1) is 19.9. The number of amides is 1. The second-order valence-corrected chi connectivity index (χ2v) is 9.68. The minimum atomic E-state index is -3.83. The molecule has 2 unspecified atom stereocenters. The topological polar surface area (TPSA) is 66.5 Å². The van der Waals surface area contributed by atoms with Crippen LogP contribution in [0, 0.1) is 18.7 Å². The van der Waals surface area contributed by atoms with Crippen molar-refractivity contribution in [1.82, 2.24) is 4.90 Å². The van der Waals surface area contributed by atoms with E-state index < -0.39 is 15.8 Å². The minimum Gasteiger partial charge on any atom is -0.335 e. The van der Waals surface area contributed by atoms with Gasteiger partial charge >= 0.3 is 0 Å². The number of sulfonamides is 1. The number of nitrogens with zero attached hydrogens (tertiary/aromatic N) is 1. The van der Waals surface area contributed by atoms with Gasteiger partial charge in [0.15, 0.2) is 0 Å². The van der Waals surface area contributed by atoms with Crippen molar-refractivity contribution in [3.63, 3.8) is 0 Å². The number of carbonyl (C=O) groups is 1. The van der Waals surface area contributed by atoms with Gasteiger partial charge in [-0.05, 0) is 80.1 Å². The van der Waals surface area contributed by atoms with Crippen LogP contribution in [0.5, 0.6) is 0 Å². The van der Waals surface area contributed by atoms with Crippen LogP contribution in [0.2, 0.25) is 0 Å². The number of hydrogen-bond acceptors (Lipinski definition) is 3. The van der Waals surface area contributed by atoms with Crippen LogP contribution in [0.1, 0.15) is 48.0 Å². The summed E-state index contributed by atoms with van der Waals surface area (Å²) in [6.45, 7) is 2.32. The molecule has 29 heavy (non-hydrogen) atoms.